The molecule has 1 rings (SSSR count). The van der Waals surface area contributed by atoms with Crippen LogP contribution in [0.3, 0.4) is 0 Å². The van der Waals surface area contributed by atoms with E-state index in [0.717, 1.165) is 13.0 Å². The number of hydrogen-bond acceptors (Lipinski definition) is 3. The minimum atomic E-state index is -0.792. The third-order valence-corrected chi connectivity index (χ3v) is 3.47. The topological polar surface area (TPSA) is 60.8 Å². The first-order valence-electron chi connectivity index (χ1n) is 5.34. The summed E-state index contributed by atoms with van der Waals surface area (Å²) in [5.41, 5.74) is -1.08. The molecule has 1 aliphatic heterocycles. The molecule has 1 aliphatic rings. The van der Waals surface area contributed by atoms with Crippen molar-refractivity contribution in [3.8, 4) is 0 Å². The van der Waals surface area contributed by atoms with E-state index in [4.69, 9.17) is 5.11 Å². The Morgan fingerprint density at radius 2 is 2.07 bits per heavy atom. The van der Waals surface area contributed by atoms with Crippen molar-refractivity contribution in [3.05, 3.63) is 0 Å². The highest BCUT2D eigenvalue weighted by atomic mass is 16.4. The van der Waals surface area contributed by atoms with Crippen LogP contribution in [0.5, 0.6) is 0 Å². The maximum atomic E-state index is 11.0. The maximum absolute atomic E-state index is 11.0. The average Bonchev–Trinajstić information content (AvgIpc) is 2.31. The van der Waals surface area contributed by atoms with Gasteiger partial charge in [-0.15, -0.1) is 0 Å². The number of aliphatic carboxylic acids is 1. The lowest BCUT2D eigenvalue weighted by atomic mass is 9.90. The molecule has 2 N–H and O–H groups in total. The van der Waals surface area contributed by atoms with E-state index in [1.165, 1.54) is 0 Å². The Morgan fingerprint density at radius 1 is 1.53 bits per heavy atom. The van der Waals surface area contributed by atoms with Crippen molar-refractivity contribution in [2.45, 2.75) is 45.8 Å². The van der Waals surface area contributed by atoms with Crippen molar-refractivity contribution < 1.29 is 15.0 Å². The summed E-state index contributed by atoms with van der Waals surface area (Å²) in [5.74, 6) is -0.792. The van der Waals surface area contributed by atoms with Crippen LogP contribution in [-0.2, 0) is 4.79 Å². The summed E-state index contributed by atoms with van der Waals surface area (Å²) in [6.07, 6.45) is 0.366. The lowest BCUT2D eigenvalue weighted by Crippen LogP contribution is -2.50. The van der Waals surface area contributed by atoms with Crippen molar-refractivity contribution in [1.82, 2.24) is 4.90 Å². The molecule has 1 unspecified atom stereocenters. The van der Waals surface area contributed by atoms with Gasteiger partial charge in [0.1, 0.15) is 0 Å². The Hall–Kier alpha value is -0.610. The van der Waals surface area contributed by atoms with Gasteiger partial charge in [0.05, 0.1) is 11.5 Å². The van der Waals surface area contributed by atoms with Crippen molar-refractivity contribution in [2.24, 2.45) is 5.41 Å². The van der Waals surface area contributed by atoms with E-state index in [0.29, 0.717) is 6.54 Å². The Balaban J connectivity index is 2.72. The molecule has 0 spiro atoms. The third kappa shape index (κ3) is 2.32. The van der Waals surface area contributed by atoms with Crippen molar-refractivity contribution in [2.75, 3.05) is 13.1 Å². The molecule has 1 saturated heterocycles. The van der Waals surface area contributed by atoms with E-state index in [2.05, 4.69) is 4.90 Å². The van der Waals surface area contributed by atoms with E-state index in [-0.39, 0.29) is 11.6 Å². The SMILES string of the molecule is CC(C)(CN1CCC(O)C1(C)C)C(=O)O. The normalized spacial score (nSPS) is 26.9. The predicted octanol–water partition coefficient (Wildman–Crippen LogP) is 0.942. The number of hydrogen-bond donors (Lipinski definition) is 2. The van der Waals surface area contributed by atoms with Crippen LogP contribution < -0.4 is 0 Å². The first-order valence-corrected chi connectivity index (χ1v) is 5.34. The molecule has 15 heavy (non-hydrogen) atoms. The molecule has 0 bridgehead atoms. The van der Waals surface area contributed by atoms with Gasteiger partial charge in [0.25, 0.3) is 0 Å². The second-order valence-electron chi connectivity index (χ2n) is 5.57. The molecular weight excluding hydrogens is 194 g/mol. The zero-order valence-corrected chi connectivity index (χ0v) is 9.95. The van der Waals surface area contributed by atoms with Crippen LogP contribution in [0.1, 0.15) is 34.1 Å². The Labute approximate surface area is 90.9 Å². The van der Waals surface area contributed by atoms with Gasteiger partial charge in [-0.05, 0) is 34.1 Å². The first kappa shape index (κ1) is 12.5. The number of likely N-dealkylation sites (tertiary alicyclic amines) is 1. The minimum absolute atomic E-state index is 0.313. The highest BCUT2D eigenvalue weighted by molar-refractivity contribution is 5.73. The molecule has 0 aromatic carbocycles. The maximum Gasteiger partial charge on any atom is 0.310 e. The molecule has 4 heteroatoms. The van der Waals surface area contributed by atoms with E-state index in [9.17, 15) is 9.90 Å². The standard InChI is InChI=1S/C11H21NO3/c1-10(2,9(14)15)7-12-6-5-8(13)11(12,3)4/h8,13H,5-7H2,1-4H3,(H,14,15). The summed E-state index contributed by atoms with van der Waals surface area (Å²) in [5, 5.41) is 18.8. The van der Waals surface area contributed by atoms with Crippen LogP contribution in [0.25, 0.3) is 0 Å². The number of rotatable bonds is 3. The van der Waals surface area contributed by atoms with Gasteiger partial charge in [-0.25, -0.2) is 0 Å². The highest BCUT2D eigenvalue weighted by Gasteiger charge is 2.43. The van der Waals surface area contributed by atoms with Crippen LogP contribution >= 0.6 is 0 Å². The third-order valence-electron chi connectivity index (χ3n) is 3.47. The highest BCUT2D eigenvalue weighted by Crippen LogP contribution is 2.32. The molecule has 0 aromatic rings. The van der Waals surface area contributed by atoms with Gasteiger partial charge >= 0.3 is 5.97 Å². The van der Waals surface area contributed by atoms with Gasteiger partial charge in [0.2, 0.25) is 0 Å². The largest absolute Gasteiger partial charge is 0.481 e. The van der Waals surface area contributed by atoms with Crippen molar-refractivity contribution in [1.29, 1.82) is 0 Å². The van der Waals surface area contributed by atoms with Crippen LogP contribution in [-0.4, -0.2) is 45.8 Å². The molecule has 88 valence electrons. The zero-order valence-electron chi connectivity index (χ0n) is 9.95. The summed E-state index contributed by atoms with van der Waals surface area (Å²) >= 11 is 0. The predicted molar refractivity (Wildman–Crippen MR) is 57.7 cm³/mol. The fourth-order valence-electron chi connectivity index (χ4n) is 1.96. The van der Waals surface area contributed by atoms with Gasteiger partial charge in [-0.3, -0.25) is 9.69 Å². The molecule has 0 aromatic heterocycles. The number of aliphatic hydroxyl groups excluding tert-OH is 1. The quantitative estimate of drug-likeness (QED) is 0.735. The van der Waals surface area contributed by atoms with Crippen molar-refractivity contribution in [3.63, 3.8) is 0 Å². The summed E-state index contributed by atoms with van der Waals surface area (Å²) in [6, 6.07) is 0. The number of carboxylic acids is 1. The molecule has 0 saturated carbocycles. The van der Waals surface area contributed by atoms with Crippen LogP contribution in [0, 0.1) is 5.41 Å². The van der Waals surface area contributed by atoms with E-state index >= 15 is 0 Å². The van der Waals surface area contributed by atoms with Crippen LogP contribution in [0.2, 0.25) is 0 Å². The number of carboxylic acid groups (broad SMARTS) is 1. The monoisotopic (exact) mass is 215 g/mol. The van der Waals surface area contributed by atoms with Gasteiger partial charge < -0.3 is 10.2 Å². The summed E-state index contributed by atoms with van der Waals surface area (Å²) in [4.78, 5) is 13.1. The van der Waals surface area contributed by atoms with Gasteiger partial charge in [0, 0.05) is 18.6 Å². The van der Waals surface area contributed by atoms with Gasteiger partial charge in [-0.2, -0.15) is 0 Å². The lowest BCUT2D eigenvalue weighted by molar-refractivity contribution is -0.148. The van der Waals surface area contributed by atoms with E-state index < -0.39 is 11.4 Å². The zero-order chi connectivity index (χ0) is 11.9. The molecule has 4 nitrogen and oxygen atoms in total. The Kier molecular flexibility index (Phi) is 3.12. The summed E-state index contributed by atoms with van der Waals surface area (Å²) < 4.78 is 0. The molecule has 1 fully saturated rings. The molecule has 0 amide bonds. The van der Waals surface area contributed by atoms with Gasteiger partial charge in [-0.1, -0.05) is 0 Å². The Bertz CT molecular complexity index is 261. The van der Waals surface area contributed by atoms with Crippen LogP contribution in [0.4, 0.5) is 0 Å². The van der Waals surface area contributed by atoms with Crippen LogP contribution in [0.15, 0.2) is 0 Å². The average molecular weight is 215 g/mol. The van der Waals surface area contributed by atoms with E-state index in [1.54, 1.807) is 13.8 Å². The fourth-order valence-corrected chi connectivity index (χ4v) is 1.96. The van der Waals surface area contributed by atoms with E-state index in [1.807, 2.05) is 13.8 Å². The molecule has 0 aliphatic carbocycles. The molecular formula is C11H21NO3. The molecule has 1 atom stereocenters. The summed E-state index contributed by atoms with van der Waals surface area (Å²) in [7, 11) is 0. The minimum Gasteiger partial charge on any atom is -0.481 e. The van der Waals surface area contributed by atoms with Gasteiger partial charge in [0.15, 0.2) is 0 Å². The van der Waals surface area contributed by atoms with Crippen molar-refractivity contribution >= 4 is 5.97 Å². The molecule has 1 heterocycles. The lowest BCUT2D eigenvalue weighted by Gasteiger charge is -2.37. The molecule has 0 radical (unpaired) electrons. The first-order chi connectivity index (χ1) is 6.68. The second kappa shape index (κ2) is 3.76. The summed E-state index contributed by atoms with van der Waals surface area (Å²) in [6.45, 7) is 8.61. The number of aliphatic hydroxyl groups is 1. The number of nitrogens with zero attached hydrogens (tertiary/aromatic N) is 1. The smallest absolute Gasteiger partial charge is 0.310 e. The number of carbonyl (C=O) groups is 1. The second-order valence-corrected chi connectivity index (χ2v) is 5.57. The Morgan fingerprint density at radius 3 is 2.40 bits per heavy atom. The fraction of sp³-hybridized carbons (Fsp3) is 0.909.